The van der Waals surface area contributed by atoms with Gasteiger partial charge in [-0.3, -0.25) is 4.79 Å². The van der Waals surface area contributed by atoms with Gasteiger partial charge < -0.3 is 9.64 Å². The minimum absolute atomic E-state index is 0.0228. The number of hydrogen-bond donors (Lipinski definition) is 0. The van der Waals surface area contributed by atoms with E-state index in [1.54, 1.807) is 27.9 Å². The van der Waals surface area contributed by atoms with Gasteiger partial charge in [-0.05, 0) is 37.6 Å². The second kappa shape index (κ2) is 6.50. The predicted molar refractivity (Wildman–Crippen MR) is 84.2 cm³/mol. The maximum absolute atomic E-state index is 13.1. The third-order valence-electron chi connectivity index (χ3n) is 4.03. The van der Waals surface area contributed by atoms with Gasteiger partial charge in [-0.2, -0.15) is 5.10 Å². The van der Waals surface area contributed by atoms with E-state index in [0.717, 1.165) is 11.4 Å². The van der Waals surface area contributed by atoms with E-state index < -0.39 is 0 Å². The summed E-state index contributed by atoms with van der Waals surface area (Å²) in [5.74, 6) is -0.317. The Bertz CT molecular complexity index is 696. The van der Waals surface area contributed by atoms with Crippen LogP contribution in [0.4, 0.5) is 4.39 Å². The normalized spacial score (nSPS) is 18.2. The molecule has 0 radical (unpaired) electrons. The van der Waals surface area contributed by atoms with Crippen LogP contribution in [0.2, 0.25) is 0 Å². The summed E-state index contributed by atoms with van der Waals surface area (Å²) >= 11 is 0. The summed E-state index contributed by atoms with van der Waals surface area (Å²) in [4.78, 5) is 14.6. The van der Waals surface area contributed by atoms with Gasteiger partial charge in [0, 0.05) is 13.1 Å². The molecule has 0 unspecified atom stereocenters. The number of aromatic nitrogens is 2. The van der Waals surface area contributed by atoms with Crippen molar-refractivity contribution in [2.24, 2.45) is 0 Å². The van der Waals surface area contributed by atoms with Gasteiger partial charge in [0.15, 0.2) is 0 Å². The van der Waals surface area contributed by atoms with Crippen molar-refractivity contribution in [1.29, 1.82) is 0 Å². The fraction of sp³-hybridized carbons (Fsp3) is 0.412. The molecule has 1 aliphatic rings. The van der Waals surface area contributed by atoms with E-state index in [0.29, 0.717) is 31.7 Å². The van der Waals surface area contributed by atoms with Crippen molar-refractivity contribution in [3.8, 4) is 5.69 Å². The van der Waals surface area contributed by atoms with E-state index in [1.165, 1.54) is 12.1 Å². The number of ether oxygens (including phenoxy) is 1. The molecule has 1 aromatic heterocycles. The van der Waals surface area contributed by atoms with Crippen molar-refractivity contribution in [3.63, 3.8) is 0 Å². The maximum atomic E-state index is 13.1. The van der Waals surface area contributed by atoms with Gasteiger partial charge in [-0.1, -0.05) is 6.92 Å². The maximum Gasteiger partial charge on any atom is 0.257 e. The smallest absolute Gasteiger partial charge is 0.257 e. The molecule has 2 aromatic rings. The first-order valence-electron chi connectivity index (χ1n) is 7.84. The van der Waals surface area contributed by atoms with Gasteiger partial charge in [0.25, 0.3) is 5.91 Å². The lowest BCUT2D eigenvalue weighted by molar-refractivity contribution is -0.0124. The molecule has 5 nitrogen and oxygen atoms in total. The summed E-state index contributed by atoms with van der Waals surface area (Å²) in [6.07, 6.45) is 2.31. The minimum Gasteiger partial charge on any atom is -0.375 e. The Morgan fingerprint density at radius 3 is 2.78 bits per heavy atom. The number of rotatable bonds is 3. The number of nitrogens with zero attached hydrogens (tertiary/aromatic N) is 3. The zero-order chi connectivity index (χ0) is 16.4. The molecule has 1 amide bonds. The van der Waals surface area contributed by atoms with Gasteiger partial charge in [0.2, 0.25) is 0 Å². The van der Waals surface area contributed by atoms with Crippen molar-refractivity contribution >= 4 is 5.91 Å². The Kier molecular flexibility index (Phi) is 4.43. The molecule has 1 fully saturated rings. The molecular formula is C17H20FN3O2. The number of morpholine rings is 1. The third-order valence-corrected chi connectivity index (χ3v) is 4.03. The number of hydrogen-bond acceptors (Lipinski definition) is 3. The Balaban J connectivity index is 1.91. The quantitative estimate of drug-likeness (QED) is 0.873. The fourth-order valence-electron chi connectivity index (χ4n) is 2.87. The summed E-state index contributed by atoms with van der Waals surface area (Å²) in [6, 6.07) is 6.10. The number of carbonyl (C=O) groups is 1. The van der Waals surface area contributed by atoms with Crippen molar-refractivity contribution in [2.75, 3.05) is 19.7 Å². The molecule has 1 atom stereocenters. The van der Waals surface area contributed by atoms with Gasteiger partial charge in [-0.25, -0.2) is 9.07 Å². The van der Waals surface area contributed by atoms with Crippen LogP contribution in [0.5, 0.6) is 0 Å². The van der Waals surface area contributed by atoms with Gasteiger partial charge in [-0.15, -0.1) is 0 Å². The first-order chi connectivity index (χ1) is 11.1. The Labute approximate surface area is 134 Å². The molecule has 1 saturated heterocycles. The first kappa shape index (κ1) is 15.7. The van der Waals surface area contributed by atoms with E-state index in [-0.39, 0.29) is 17.8 Å². The monoisotopic (exact) mass is 317 g/mol. The number of carbonyl (C=O) groups excluding carboxylic acids is 1. The summed E-state index contributed by atoms with van der Waals surface area (Å²) in [5.41, 5.74) is 2.18. The average molecular weight is 317 g/mol. The minimum atomic E-state index is -0.294. The molecule has 0 N–H and O–H groups in total. The summed E-state index contributed by atoms with van der Waals surface area (Å²) < 4.78 is 20.3. The molecule has 2 heterocycles. The lowest BCUT2D eigenvalue weighted by atomic mass is 10.1. The van der Waals surface area contributed by atoms with Crippen molar-refractivity contribution in [2.45, 2.75) is 26.4 Å². The molecule has 122 valence electrons. The molecule has 0 bridgehead atoms. The molecular weight excluding hydrogens is 297 g/mol. The molecule has 1 aliphatic heterocycles. The zero-order valence-corrected chi connectivity index (χ0v) is 13.3. The molecule has 23 heavy (non-hydrogen) atoms. The highest BCUT2D eigenvalue weighted by molar-refractivity contribution is 5.95. The SMILES string of the molecule is CCc1c(C(=O)N2CCO[C@H](C)C2)cnn1-c1ccc(F)cc1. The molecule has 3 rings (SSSR count). The van der Waals surface area contributed by atoms with Crippen molar-refractivity contribution < 1.29 is 13.9 Å². The van der Waals surface area contributed by atoms with Gasteiger partial charge in [0.05, 0.1) is 35.9 Å². The van der Waals surface area contributed by atoms with E-state index in [2.05, 4.69) is 5.10 Å². The van der Waals surface area contributed by atoms with Crippen molar-refractivity contribution in [1.82, 2.24) is 14.7 Å². The number of halogens is 1. The van der Waals surface area contributed by atoms with Crippen LogP contribution in [0.3, 0.4) is 0 Å². The Morgan fingerprint density at radius 1 is 1.39 bits per heavy atom. The second-order valence-electron chi connectivity index (χ2n) is 5.68. The third kappa shape index (κ3) is 3.12. The van der Waals surface area contributed by atoms with Crippen LogP contribution in [0.15, 0.2) is 30.5 Å². The highest BCUT2D eigenvalue weighted by Gasteiger charge is 2.26. The highest BCUT2D eigenvalue weighted by Crippen LogP contribution is 2.19. The van der Waals surface area contributed by atoms with Crippen LogP contribution in [0.1, 0.15) is 29.9 Å². The van der Waals surface area contributed by atoms with Gasteiger partial charge >= 0.3 is 0 Å². The van der Waals surface area contributed by atoms with Crippen LogP contribution in [0, 0.1) is 5.82 Å². The molecule has 0 saturated carbocycles. The summed E-state index contributed by atoms with van der Waals surface area (Å²) in [6.45, 7) is 5.68. The molecule has 6 heteroatoms. The Hall–Kier alpha value is -2.21. The van der Waals surface area contributed by atoms with Crippen LogP contribution >= 0.6 is 0 Å². The standard InChI is InChI=1S/C17H20FN3O2/c1-3-16-15(17(22)20-8-9-23-12(2)11-20)10-19-21(16)14-6-4-13(18)5-7-14/h4-7,10,12H,3,8-9,11H2,1-2H3/t12-/m1/s1. The average Bonchev–Trinajstić information content (AvgIpc) is 2.98. The topological polar surface area (TPSA) is 47.4 Å². The lowest BCUT2D eigenvalue weighted by Gasteiger charge is -2.31. The van der Waals surface area contributed by atoms with Crippen LogP contribution in [0.25, 0.3) is 5.69 Å². The van der Waals surface area contributed by atoms with Crippen molar-refractivity contribution in [3.05, 3.63) is 47.5 Å². The van der Waals surface area contributed by atoms with E-state index >= 15 is 0 Å². The van der Waals surface area contributed by atoms with Crippen LogP contribution < -0.4 is 0 Å². The summed E-state index contributed by atoms with van der Waals surface area (Å²) in [7, 11) is 0. The first-order valence-corrected chi connectivity index (χ1v) is 7.84. The molecule has 0 spiro atoms. The second-order valence-corrected chi connectivity index (χ2v) is 5.68. The Morgan fingerprint density at radius 2 is 2.13 bits per heavy atom. The van der Waals surface area contributed by atoms with E-state index in [9.17, 15) is 9.18 Å². The number of amides is 1. The largest absolute Gasteiger partial charge is 0.375 e. The van der Waals surface area contributed by atoms with Gasteiger partial charge in [0.1, 0.15) is 5.82 Å². The lowest BCUT2D eigenvalue weighted by Crippen LogP contribution is -2.44. The fourth-order valence-corrected chi connectivity index (χ4v) is 2.87. The zero-order valence-electron chi connectivity index (χ0n) is 13.3. The molecule has 0 aliphatic carbocycles. The molecule has 1 aromatic carbocycles. The highest BCUT2D eigenvalue weighted by atomic mass is 19.1. The predicted octanol–water partition coefficient (Wildman–Crippen LogP) is 2.43. The van der Waals surface area contributed by atoms with E-state index in [4.69, 9.17) is 4.74 Å². The van der Waals surface area contributed by atoms with E-state index in [1.807, 2.05) is 13.8 Å². The number of benzene rings is 1. The summed E-state index contributed by atoms with van der Waals surface area (Å²) in [5, 5.41) is 4.34. The van der Waals surface area contributed by atoms with Crippen LogP contribution in [-0.2, 0) is 11.2 Å². The van der Waals surface area contributed by atoms with Crippen LogP contribution in [-0.4, -0.2) is 46.4 Å².